The summed E-state index contributed by atoms with van der Waals surface area (Å²) in [5, 5.41) is 0.816. The lowest BCUT2D eigenvalue weighted by molar-refractivity contribution is 0.597. The molecule has 0 aliphatic carbocycles. The molecule has 108 valence electrons. The average Bonchev–Trinajstić information content (AvgIpc) is 2.84. The number of sulfone groups is 1. The second-order valence-corrected chi connectivity index (χ2v) is 7.51. The number of benzene rings is 1. The fourth-order valence-corrected chi connectivity index (χ4v) is 4.36. The number of aromatic nitrogens is 2. The van der Waals surface area contributed by atoms with Crippen LogP contribution in [0.15, 0.2) is 46.7 Å². The van der Waals surface area contributed by atoms with Crippen LogP contribution in [-0.2, 0) is 23.4 Å². The van der Waals surface area contributed by atoms with E-state index in [1.807, 2.05) is 23.9 Å². The molecule has 7 heteroatoms. The lowest BCUT2D eigenvalue weighted by Crippen LogP contribution is -2.10. The zero-order valence-electron chi connectivity index (χ0n) is 11.2. The summed E-state index contributed by atoms with van der Waals surface area (Å²) in [4.78, 5) is 4.48. The molecular weight excluding hydrogens is 294 g/mol. The second kappa shape index (κ2) is 6.43. The number of nitrogens with zero attached hydrogens (tertiary/aromatic N) is 2. The molecule has 0 spiro atoms. The summed E-state index contributed by atoms with van der Waals surface area (Å²) in [7, 11) is -1.39. The van der Waals surface area contributed by atoms with E-state index in [4.69, 9.17) is 5.73 Å². The Hall–Kier alpha value is -1.31. The monoisotopic (exact) mass is 311 g/mol. The molecule has 0 aliphatic heterocycles. The Balaban J connectivity index is 2.02. The first-order chi connectivity index (χ1) is 9.53. The van der Waals surface area contributed by atoms with E-state index in [1.54, 1.807) is 24.4 Å². The average molecular weight is 311 g/mol. The SMILES string of the molecule is Cn1ccnc1SCCS(=O)(=O)c1cccc(CN)c1. The highest BCUT2D eigenvalue weighted by molar-refractivity contribution is 8.00. The molecule has 0 saturated carbocycles. The summed E-state index contributed by atoms with van der Waals surface area (Å²) in [5.74, 6) is 0.554. The molecule has 2 aromatic rings. The minimum Gasteiger partial charge on any atom is -0.329 e. The van der Waals surface area contributed by atoms with Crippen LogP contribution >= 0.6 is 11.8 Å². The van der Waals surface area contributed by atoms with E-state index in [1.165, 1.54) is 11.8 Å². The topological polar surface area (TPSA) is 78.0 Å². The van der Waals surface area contributed by atoms with Gasteiger partial charge in [0.25, 0.3) is 0 Å². The van der Waals surface area contributed by atoms with Gasteiger partial charge in [-0.05, 0) is 17.7 Å². The normalized spacial score (nSPS) is 11.7. The lowest BCUT2D eigenvalue weighted by atomic mass is 10.2. The van der Waals surface area contributed by atoms with E-state index >= 15 is 0 Å². The van der Waals surface area contributed by atoms with Crippen LogP contribution in [-0.4, -0.2) is 29.5 Å². The van der Waals surface area contributed by atoms with Gasteiger partial charge in [-0.2, -0.15) is 0 Å². The van der Waals surface area contributed by atoms with Crippen LogP contribution in [0.3, 0.4) is 0 Å². The number of thioether (sulfide) groups is 1. The van der Waals surface area contributed by atoms with Crippen molar-refractivity contribution in [2.45, 2.75) is 16.6 Å². The standard InChI is InChI=1S/C13H17N3O2S2/c1-16-6-5-15-13(16)19-7-8-20(17,18)12-4-2-3-11(9-12)10-14/h2-6,9H,7-8,10,14H2,1H3. The fourth-order valence-electron chi connectivity index (χ4n) is 1.72. The summed E-state index contributed by atoms with van der Waals surface area (Å²) in [6.45, 7) is 0.339. The van der Waals surface area contributed by atoms with Crippen LogP contribution in [0.4, 0.5) is 0 Å². The predicted octanol–water partition coefficient (Wildman–Crippen LogP) is 1.44. The first kappa shape index (κ1) is 15.1. The Bertz CT molecular complexity index is 680. The van der Waals surface area contributed by atoms with Crippen molar-refractivity contribution in [2.75, 3.05) is 11.5 Å². The van der Waals surface area contributed by atoms with E-state index in [0.29, 0.717) is 17.2 Å². The van der Waals surface area contributed by atoms with Crippen LogP contribution < -0.4 is 5.73 Å². The van der Waals surface area contributed by atoms with Crippen LogP contribution in [0.1, 0.15) is 5.56 Å². The Labute approximate surface area is 123 Å². The number of aryl methyl sites for hydroxylation is 1. The first-order valence-electron chi connectivity index (χ1n) is 6.15. The summed E-state index contributed by atoms with van der Waals surface area (Å²) < 4.78 is 26.3. The molecule has 1 heterocycles. The van der Waals surface area contributed by atoms with Crippen molar-refractivity contribution in [2.24, 2.45) is 12.8 Å². The van der Waals surface area contributed by atoms with E-state index < -0.39 is 9.84 Å². The van der Waals surface area contributed by atoms with E-state index in [0.717, 1.165) is 10.7 Å². The van der Waals surface area contributed by atoms with Gasteiger partial charge in [-0.15, -0.1) is 0 Å². The third kappa shape index (κ3) is 3.62. The van der Waals surface area contributed by atoms with Gasteiger partial charge in [-0.3, -0.25) is 0 Å². The van der Waals surface area contributed by atoms with Crippen molar-refractivity contribution in [3.05, 3.63) is 42.2 Å². The largest absolute Gasteiger partial charge is 0.329 e. The molecule has 1 aromatic heterocycles. The van der Waals surface area contributed by atoms with Gasteiger partial charge in [0, 0.05) is 31.7 Å². The molecule has 0 saturated heterocycles. The highest BCUT2D eigenvalue weighted by Gasteiger charge is 2.15. The van der Waals surface area contributed by atoms with Gasteiger partial charge < -0.3 is 10.3 Å². The predicted molar refractivity (Wildman–Crippen MR) is 80.3 cm³/mol. The molecule has 1 aromatic carbocycles. The molecule has 0 atom stereocenters. The van der Waals surface area contributed by atoms with Gasteiger partial charge in [0.05, 0.1) is 10.6 Å². The first-order valence-corrected chi connectivity index (χ1v) is 8.78. The van der Waals surface area contributed by atoms with E-state index in [-0.39, 0.29) is 5.75 Å². The van der Waals surface area contributed by atoms with Gasteiger partial charge in [0.15, 0.2) is 15.0 Å². The summed E-state index contributed by atoms with van der Waals surface area (Å²) in [5.41, 5.74) is 6.36. The van der Waals surface area contributed by atoms with Crippen LogP contribution in [0.25, 0.3) is 0 Å². The number of imidazole rings is 1. The Morgan fingerprint density at radius 2 is 2.20 bits per heavy atom. The maximum absolute atomic E-state index is 12.2. The third-order valence-corrected chi connectivity index (χ3v) is 5.89. The van der Waals surface area contributed by atoms with Gasteiger partial charge >= 0.3 is 0 Å². The van der Waals surface area contributed by atoms with Crippen molar-refractivity contribution >= 4 is 21.6 Å². The molecule has 20 heavy (non-hydrogen) atoms. The highest BCUT2D eigenvalue weighted by atomic mass is 32.2. The molecule has 2 rings (SSSR count). The van der Waals surface area contributed by atoms with Crippen molar-refractivity contribution < 1.29 is 8.42 Å². The molecule has 0 amide bonds. The molecule has 5 nitrogen and oxygen atoms in total. The number of hydrogen-bond donors (Lipinski definition) is 1. The third-order valence-electron chi connectivity index (χ3n) is 2.85. The lowest BCUT2D eigenvalue weighted by Gasteiger charge is -2.06. The second-order valence-electron chi connectivity index (χ2n) is 4.34. The fraction of sp³-hybridized carbons (Fsp3) is 0.308. The molecule has 2 N–H and O–H groups in total. The summed E-state index contributed by atoms with van der Waals surface area (Å²) in [6, 6.07) is 6.79. The Morgan fingerprint density at radius 1 is 1.40 bits per heavy atom. The van der Waals surface area contributed by atoms with E-state index in [9.17, 15) is 8.42 Å². The zero-order chi connectivity index (χ0) is 14.6. The smallest absolute Gasteiger partial charge is 0.179 e. The van der Waals surface area contributed by atoms with Crippen molar-refractivity contribution in [3.8, 4) is 0 Å². The van der Waals surface area contributed by atoms with Crippen molar-refractivity contribution in [1.82, 2.24) is 9.55 Å². The Kier molecular flexibility index (Phi) is 4.85. The molecule has 0 bridgehead atoms. The minimum absolute atomic E-state index is 0.0819. The highest BCUT2D eigenvalue weighted by Crippen LogP contribution is 2.18. The number of hydrogen-bond acceptors (Lipinski definition) is 5. The maximum Gasteiger partial charge on any atom is 0.179 e. The Morgan fingerprint density at radius 3 is 2.85 bits per heavy atom. The van der Waals surface area contributed by atoms with Gasteiger partial charge in [0.2, 0.25) is 0 Å². The van der Waals surface area contributed by atoms with Crippen molar-refractivity contribution in [3.63, 3.8) is 0 Å². The molecular formula is C13H17N3O2S2. The molecule has 0 radical (unpaired) electrons. The summed E-state index contributed by atoms with van der Waals surface area (Å²) in [6.07, 6.45) is 3.53. The van der Waals surface area contributed by atoms with E-state index in [2.05, 4.69) is 4.98 Å². The molecule has 0 unspecified atom stereocenters. The van der Waals surface area contributed by atoms with Crippen LogP contribution in [0, 0.1) is 0 Å². The number of nitrogens with two attached hydrogens (primary N) is 1. The van der Waals surface area contributed by atoms with Crippen LogP contribution in [0.2, 0.25) is 0 Å². The van der Waals surface area contributed by atoms with Crippen LogP contribution in [0.5, 0.6) is 0 Å². The minimum atomic E-state index is -3.27. The number of rotatable bonds is 6. The van der Waals surface area contributed by atoms with Crippen molar-refractivity contribution in [1.29, 1.82) is 0 Å². The van der Waals surface area contributed by atoms with Gasteiger partial charge in [-0.25, -0.2) is 13.4 Å². The van der Waals surface area contributed by atoms with Gasteiger partial charge in [0.1, 0.15) is 0 Å². The maximum atomic E-state index is 12.2. The molecule has 0 aliphatic rings. The van der Waals surface area contributed by atoms with Gasteiger partial charge in [-0.1, -0.05) is 23.9 Å². The quantitative estimate of drug-likeness (QED) is 0.817. The zero-order valence-corrected chi connectivity index (χ0v) is 12.8. The molecule has 0 fully saturated rings. The summed E-state index contributed by atoms with van der Waals surface area (Å²) >= 11 is 1.43.